The lowest BCUT2D eigenvalue weighted by molar-refractivity contribution is 0.0696. The highest BCUT2D eigenvalue weighted by Crippen LogP contribution is 2.09. The zero-order chi connectivity index (χ0) is 12.4. The zero-order valence-corrected chi connectivity index (χ0v) is 9.22. The number of rotatable bonds is 3. The number of aromatic carboxylic acids is 1. The molecule has 0 saturated heterocycles. The molecule has 1 aromatic carbocycles. The highest BCUT2D eigenvalue weighted by Gasteiger charge is 2.11. The van der Waals surface area contributed by atoms with Gasteiger partial charge in [0.15, 0.2) is 0 Å². The predicted molar refractivity (Wildman–Crippen MR) is 59.4 cm³/mol. The molecule has 5 heteroatoms. The molecule has 0 saturated carbocycles. The molecule has 0 amide bonds. The third kappa shape index (κ3) is 2.50. The summed E-state index contributed by atoms with van der Waals surface area (Å²) >= 11 is 0. The number of carbonyl (C=O) groups is 1. The topological polar surface area (TPSA) is 55.1 Å². The molecule has 1 aromatic heterocycles. The molecule has 0 fully saturated rings. The van der Waals surface area contributed by atoms with Crippen LogP contribution in [0.4, 0.5) is 4.39 Å². The van der Waals surface area contributed by atoms with Crippen LogP contribution in [0, 0.1) is 12.7 Å². The number of nitrogens with zero attached hydrogens (tertiary/aromatic N) is 2. The molecule has 2 aromatic rings. The summed E-state index contributed by atoms with van der Waals surface area (Å²) in [5.74, 6) is -1.29. The number of carboxylic acids is 1. The largest absolute Gasteiger partial charge is 0.478 e. The molecule has 0 bridgehead atoms. The lowest BCUT2D eigenvalue weighted by atomic mass is 10.2. The number of benzene rings is 1. The highest BCUT2D eigenvalue weighted by molar-refractivity contribution is 5.88. The first-order chi connectivity index (χ1) is 8.06. The van der Waals surface area contributed by atoms with E-state index in [1.165, 1.54) is 23.0 Å². The van der Waals surface area contributed by atoms with Gasteiger partial charge in [0.05, 0.1) is 12.2 Å². The second-order valence-electron chi connectivity index (χ2n) is 3.76. The Morgan fingerprint density at radius 1 is 1.41 bits per heavy atom. The summed E-state index contributed by atoms with van der Waals surface area (Å²) in [6.07, 6.45) is 1.47. The third-order valence-electron chi connectivity index (χ3n) is 2.43. The maximum atomic E-state index is 12.7. The fraction of sp³-hybridized carbons (Fsp3) is 0.167. The van der Waals surface area contributed by atoms with Crippen LogP contribution in [0.3, 0.4) is 0 Å². The van der Waals surface area contributed by atoms with E-state index < -0.39 is 5.97 Å². The maximum absolute atomic E-state index is 12.7. The fourth-order valence-electron chi connectivity index (χ4n) is 1.59. The van der Waals surface area contributed by atoms with E-state index >= 15 is 0 Å². The molecule has 0 spiro atoms. The third-order valence-corrected chi connectivity index (χ3v) is 2.43. The molecular weight excluding hydrogens is 223 g/mol. The Hall–Kier alpha value is -2.17. The molecule has 4 nitrogen and oxygen atoms in total. The van der Waals surface area contributed by atoms with Crippen LogP contribution < -0.4 is 0 Å². The minimum atomic E-state index is -0.993. The minimum Gasteiger partial charge on any atom is -0.478 e. The first-order valence-corrected chi connectivity index (χ1v) is 5.08. The molecule has 2 rings (SSSR count). The van der Waals surface area contributed by atoms with Crippen LogP contribution in [0.15, 0.2) is 30.5 Å². The SMILES string of the molecule is Cc1nn(Cc2ccc(F)cc2)cc1C(=O)O. The van der Waals surface area contributed by atoms with Gasteiger partial charge in [0.2, 0.25) is 0 Å². The van der Waals surface area contributed by atoms with Crippen molar-refractivity contribution in [3.63, 3.8) is 0 Å². The Labute approximate surface area is 97.3 Å². The van der Waals surface area contributed by atoms with Gasteiger partial charge in [-0.3, -0.25) is 4.68 Å². The number of aryl methyl sites for hydroxylation is 1. The van der Waals surface area contributed by atoms with E-state index in [9.17, 15) is 9.18 Å². The van der Waals surface area contributed by atoms with Gasteiger partial charge in [-0.05, 0) is 24.6 Å². The van der Waals surface area contributed by atoms with E-state index in [-0.39, 0.29) is 11.4 Å². The van der Waals surface area contributed by atoms with Crippen LogP contribution in [0.2, 0.25) is 0 Å². The lowest BCUT2D eigenvalue weighted by Gasteiger charge is -2.01. The monoisotopic (exact) mass is 234 g/mol. The summed E-state index contributed by atoms with van der Waals surface area (Å²) in [5.41, 5.74) is 1.53. The van der Waals surface area contributed by atoms with Crippen LogP contribution >= 0.6 is 0 Å². The molecule has 0 radical (unpaired) electrons. The van der Waals surface area contributed by atoms with Gasteiger partial charge in [-0.25, -0.2) is 9.18 Å². The second-order valence-corrected chi connectivity index (χ2v) is 3.76. The van der Waals surface area contributed by atoms with Crippen LogP contribution in [-0.4, -0.2) is 20.9 Å². The van der Waals surface area contributed by atoms with Gasteiger partial charge in [0, 0.05) is 6.20 Å². The first kappa shape index (κ1) is 11.3. The number of hydrogen-bond acceptors (Lipinski definition) is 2. The van der Waals surface area contributed by atoms with E-state index in [2.05, 4.69) is 5.10 Å². The summed E-state index contributed by atoms with van der Waals surface area (Å²) in [6, 6.07) is 6.02. The van der Waals surface area contributed by atoms with Crippen molar-refractivity contribution in [1.29, 1.82) is 0 Å². The molecule has 0 unspecified atom stereocenters. The van der Waals surface area contributed by atoms with E-state index in [0.29, 0.717) is 12.2 Å². The lowest BCUT2D eigenvalue weighted by Crippen LogP contribution is -2.00. The van der Waals surface area contributed by atoms with Crippen molar-refractivity contribution in [1.82, 2.24) is 9.78 Å². The van der Waals surface area contributed by atoms with Gasteiger partial charge in [-0.1, -0.05) is 12.1 Å². The predicted octanol–water partition coefficient (Wildman–Crippen LogP) is 2.08. The van der Waals surface area contributed by atoms with Crippen molar-refractivity contribution in [2.75, 3.05) is 0 Å². The van der Waals surface area contributed by atoms with Crippen LogP contribution in [0.1, 0.15) is 21.6 Å². The van der Waals surface area contributed by atoms with Crippen molar-refractivity contribution in [2.24, 2.45) is 0 Å². The molecule has 88 valence electrons. The summed E-state index contributed by atoms with van der Waals surface area (Å²) in [5, 5.41) is 13.0. The maximum Gasteiger partial charge on any atom is 0.339 e. The molecule has 1 heterocycles. The van der Waals surface area contributed by atoms with Gasteiger partial charge in [0.25, 0.3) is 0 Å². The summed E-state index contributed by atoms with van der Waals surface area (Å²) < 4.78 is 14.2. The van der Waals surface area contributed by atoms with Crippen molar-refractivity contribution in [2.45, 2.75) is 13.5 Å². The Bertz CT molecular complexity index is 546. The standard InChI is InChI=1S/C12H11FN2O2/c1-8-11(12(16)17)7-15(14-8)6-9-2-4-10(13)5-3-9/h2-5,7H,6H2,1H3,(H,16,17). The van der Waals surface area contributed by atoms with E-state index in [4.69, 9.17) is 5.11 Å². The number of carboxylic acid groups (broad SMARTS) is 1. The normalized spacial score (nSPS) is 10.5. The minimum absolute atomic E-state index is 0.187. The quantitative estimate of drug-likeness (QED) is 0.884. The van der Waals surface area contributed by atoms with Crippen molar-refractivity contribution in [3.8, 4) is 0 Å². The molecule has 17 heavy (non-hydrogen) atoms. The average Bonchev–Trinajstić information content (AvgIpc) is 2.63. The van der Waals surface area contributed by atoms with Gasteiger partial charge in [0.1, 0.15) is 11.4 Å². The van der Waals surface area contributed by atoms with Crippen molar-refractivity contribution < 1.29 is 14.3 Å². The Kier molecular flexibility index (Phi) is 2.91. The van der Waals surface area contributed by atoms with Crippen molar-refractivity contribution in [3.05, 3.63) is 53.1 Å². The number of aromatic nitrogens is 2. The van der Waals surface area contributed by atoms with Crippen LogP contribution in [0.25, 0.3) is 0 Å². The number of halogens is 1. The van der Waals surface area contributed by atoms with Gasteiger partial charge in [-0.2, -0.15) is 5.10 Å². The molecule has 1 N–H and O–H groups in total. The number of hydrogen-bond donors (Lipinski definition) is 1. The molecule has 0 atom stereocenters. The highest BCUT2D eigenvalue weighted by atomic mass is 19.1. The average molecular weight is 234 g/mol. The van der Waals surface area contributed by atoms with E-state index in [0.717, 1.165) is 5.56 Å². The Balaban J connectivity index is 2.22. The summed E-state index contributed by atoms with van der Waals surface area (Å²) in [4.78, 5) is 10.8. The smallest absolute Gasteiger partial charge is 0.339 e. The zero-order valence-electron chi connectivity index (χ0n) is 9.22. The Morgan fingerprint density at radius 2 is 2.06 bits per heavy atom. The molecular formula is C12H11FN2O2. The summed E-state index contributed by atoms with van der Waals surface area (Å²) in [7, 11) is 0. The van der Waals surface area contributed by atoms with Crippen LogP contribution in [-0.2, 0) is 6.54 Å². The fourth-order valence-corrected chi connectivity index (χ4v) is 1.59. The molecule has 0 aliphatic carbocycles. The van der Waals surface area contributed by atoms with Gasteiger partial charge < -0.3 is 5.11 Å². The second kappa shape index (κ2) is 4.37. The van der Waals surface area contributed by atoms with Crippen molar-refractivity contribution >= 4 is 5.97 Å². The van der Waals surface area contributed by atoms with E-state index in [1.807, 2.05) is 0 Å². The van der Waals surface area contributed by atoms with Gasteiger partial charge >= 0.3 is 5.97 Å². The first-order valence-electron chi connectivity index (χ1n) is 5.08. The van der Waals surface area contributed by atoms with E-state index in [1.54, 1.807) is 19.1 Å². The molecule has 0 aliphatic heterocycles. The van der Waals surface area contributed by atoms with Gasteiger partial charge in [-0.15, -0.1) is 0 Å². The Morgan fingerprint density at radius 3 is 2.59 bits per heavy atom. The summed E-state index contributed by atoms with van der Waals surface area (Å²) in [6.45, 7) is 2.07. The van der Waals surface area contributed by atoms with Crippen LogP contribution in [0.5, 0.6) is 0 Å². The molecule has 0 aliphatic rings.